The van der Waals surface area contributed by atoms with E-state index in [1.807, 2.05) is 0 Å². The number of rotatable bonds is 3. The molecule has 1 N–H and O–H groups in total. The molecule has 3 nitrogen and oxygen atoms in total. The smallest absolute Gasteiger partial charge is 0.208 e. The summed E-state index contributed by atoms with van der Waals surface area (Å²) < 4.78 is 75.9. The van der Waals surface area contributed by atoms with Gasteiger partial charge < -0.3 is 0 Å². The molecule has 0 heterocycles. The van der Waals surface area contributed by atoms with Gasteiger partial charge in [0.05, 0.1) is 10.5 Å². The molecule has 1 fully saturated rings. The SMILES string of the molecule is O=S(=O)(NC1CC1)c1ccc(F)c(C(F)(F)F)c1. The Bertz CT molecular complexity index is 564. The van der Waals surface area contributed by atoms with Crippen molar-refractivity contribution in [3.63, 3.8) is 0 Å². The lowest BCUT2D eigenvalue weighted by molar-refractivity contribution is -0.140. The topological polar surface area (TPSA) is 46.2 Å². The van der Waals surface area contributed by atoms with E-state index in [1.165, 1.54) is 0 Å². The summed E-state index contributed by atoms with van der Waals surface area (Å²) >= 11 is 0. The van der Waals surface area contributed by atoms with Gasteiger partial charge in [-0.2, -0.15) is 13.2 Å². The minimum absolute atomic E-state index is 0.227. The predicted octanol–water partition coefficient (Wildman–Crippen LogP) is 2.29. The number of nitrogens with one attached hydrogen (secondary N) is 1. The molecule has 2 rings (SSSR count). The maximum Gasteiger partial charge on any atom is 0.419 e. The van der Waals surface area contributed by atoms with Crippen LogP contribution in [0.4, 0.5) is 17.6 Å². The van der Waals surface area contributed by atoms with Crippen LogP contribution >= 0.6 is 0 Å². The quantitative estimate of drug-likeness (QED) is 0.865. The Morgan fingerprint density at radius 3 is 2.33 bits per heavy atom. The summed E-state index contributed by atoms with van der Waals surface area (Å²) in [6, 6.07) is 1.40. The first-order valence-electron chi connectivity index (χ1n) is 5.09. The van der Waals surface area contributed by atoms with Gasteiger partial charge in [-0.05, 0) is 31.0 Å². The van der Waals surface area contributed by atoms with Gasteiger partial charge in [0.15, 0.2) is 0 Å². The second-order valence-corrected chi connectivity index (χ2v) is 5.75. The molecule has 1 aromatic carbocycles. The van der Waals surface area contributed by atoms with Gasteiger partial charge in [0.1, 0.15) is 5.82 Å². The van der Waals surface area contributed by atoms with Crippen molar-refractivity contribution in [3.05, 3.63) is 29.6 Å². The third-order valence-electron chi connectivity index (χ3n) is 2.45. The first kappa shape index (κ1) is 13.3. The molecule has 0 bridgehead atoms. The Labute approximate surface area is 101 Å². The highest BCUT2D eigenvalue weighted by atomic mass is 32.2. The normalized spacial score (nSPS) is 16.9. The van der Waals surface area contributed by atoms with Gasteiger partial charge in [-0.25, -0.2) is 17.5 Å². The summed E-state index contributed by atoms with van der Waals surface area (Å²) in [6.45, 7) is 0. The van der Waals surface area contributed by atoms with Crippen LogP contribution in [0.2, 0.25) is 0 Å². The monoisotopic (exact) mass is 283 g/mol. The Kier molecular flexibility index (Phi) is 3.10. The molecule has 0 aliphatic heterocycles. The molecule has 0 atom stereocenters. The van der Waals surface area contributed by atoms with Crippen LogP contribution in [0.3, 0.4) is 0 Å². The van der Waals surface area contributed by atoms with Crippen LogP contribution in [-0.4, -0.2) is 14.5 Å². The molecule has 0 radical (unpaired) electrons. The van der Waals surface area contributed by atoms with Crippen LogP contribution in [0.5, 0.6) is 0 Å². The Morgan fingerprint density at radius 2 is 1.83 bits per heavy atom. The Balaban J connectivity index is 2.40. The first-order valence-corrected chi connectivity index (χ1v) is 6.57. The van der Waals surface area contributed by atoms with E-state index in [1.54, 1.807) is 0 Å². The lowest BCUT2D eigenvalue weighted by atomic mass is 10.2. The Hall–Kier alpha value is -1.15. The molecular formula is C10H9F4NO2S. The highest BCUT2D eigenvalue weighted by Crippen LogP contribution is 2.33. The zero-order chi connectivity index (χ0) is 13.6. The average molecular weight is 283 g/mol. The van der Waals surface area contributed by atoms with Crippen LogP contribution < -0.4 is 4.72 Å². The van der Waals surface area contributed by atoms with Crippen molar-refractivity contribution in [3.8, 4) is 0 Å². The number of hydrogen-bond donors (Lipinski definition) is 1. The van der Waals surface area contributed by atoms with Gasteiger partial charge in [-0.1, -0.05) is 0 Å². The zero-order valence-corrected chi connectivity index (χ0v) is 9.78. The lowest BCUT2D eigenvalue weighted by Crippen LogP contribution is -2.26. The van der Waals surface area contributed by atoms with E-state index in [4.69, 9.17) is 0 Å². The maximum absolute atomic E-state index is 13.0. The highest BCUT2D eigenvalue weighted by molar-refractivity contribution is 7.89. The van der Waals surface area contributed by atoms with Crippen molar-refractivity contribution in [1.29, 1.82) is 0 Å². The van der Waals surface area contributed by atoms with Crippen molar-refractivity contribution >= 4 is 10.0 Å². The van der Waals surface area contributed by atoms with Crippen molar-refractivity contribution in [2.24, 2.45) is 0 Å². The number of benzene rings is 1. The largest absolute Gasteiger partial charge is 0.419 e. The standard InChI is InChI=1S/C10H9F4NO2S/c11-9-4-3-7(5-8(9)10(12,13)14)18(16,17)15-6-1-2-6/h3-6,15H,1-2H2. The van der Waals surface area contributed by atoms with Crippen LogP contribution in [0.1, 0.15) is 18.4 Å². The molecule has 1 aromatic rings. The summed E-state index contributed by atoms with van der Waals surface area (Å²) in [5, 5.41) is 0. The predicted molar refractivity (Wildman–Crippen MR) is 54.7 cm³/mol. The van der Waals surface area contributed by atoms with E-state index in [2.05, 4.69) is 4.72 Å². The van der Waals surface area contributed by atoms with Crippen molar-refractivity contribution in [2.75, 3.05) is 0 Å². The fraction of sp³-hybridized carbons (Fsp3) is 0.400. The van der Waals surface area contributed by atoms with Crippen LogP contribution in [-0.2, 0) is 16.2 Å². The fourth-order valence-corrected chi connectivity index (χ4v) is 2.71. The molecule has 0 spiro atoms. The number of hydrogen-bond acceptors (Lipinski definition) is 2. The van der Waals surface area contributed by atoms with Gasteiger partial charge in [0.2, 0.25) is 10.0 Å². The minimum atomic E-state index is -4.92. The van der Waals surface area contributed by atoms with Crippen molar-refractivity contribution in [1.82, 2.24) is 4.72 Å². The van der Waals surface area contributed by atoms with E-state index < -0.39 is 32.5 Å². The molecule has 1 aliphatic rings. The summed E-state index contributed by atoms with van der Waals surface area (Å²) in [6.07, 6.45) is -3.60. The summed E-state index contributed by atoms with van der Waals surface area (Å²) in [5.41, 5.74) is -1.58. The zero-order valence-electron chi connectivity index (χ0n) is 8.96. The van der Waals surface area contributed by atoms with Gasteiger partial charge in [-0.15, -0.1) is 0 Å². The molecule has 100 valence electrons. The molecule has 0 amide bonds. The average Bonchev–Trinajstić information content (AvgIpc) is 2.99. The number of alkyl halides is 3. The fourth-order valence-electron chi connectivity index (χ4n) is 1.38. The number of halogens is 4. The third-order valence-corrected chi connectivity index (χ3v) is 3.97. The van der Waals surface area contributed by atoms with Crippen LogP contribution in [0.15, 0.2) is 23.1 Å². The lowest BCUT2D eigenvalue weighted by Gasteiger charge is -2.10. The number of sulfonamides is 1. The van der Waals surface area contributed by atoms with E-state index in [0.717, 1.165) is 6.07 Å². The summed E-state index contributed by atoms with van der Waals surface area (Å²) in [4.78, 5) is -0.580. The summed E-state index contributed by atoms with van der Waals surface area (Å²) in [5.74, 6) is -1.49. The molecular weight excluding hydrogens is 274 g/mol. The molecule has 1 aliphatic carbocycles. The third kappa shape index (κ3) is 2.81. The second kappa shape index (κ2) is 4.20. The minimum Gasteiger partial charge on any atom is -0.208 e. The van der Waals surface area contributed by atoms with Crippen molar-refractivity contribution < 1.29 is 26.0 Å². The molecule has 18 heavy (non-hydrogen) atoms. The highest BCUT2D eigenvalue weighted by Gasteiger charge is 2.36. The van der Waals surface area contributed by atoms with E-state index in [0.29, 0.717) is 25.0 Å². The molecule has 8 heteroatoms. The molecule has 1 saturated carbocycles. The maximum atomic E-state index is 13.0. The Morgan fingerprint density at radius 1 is 1.22 bits per heavy atom. The van der Waals surface area contributed by atoms with Gasteiger partial charge >= 0.3 is 6.18 Å². The second-order valence-electron chi connectivity index (χ2n) is 4.03. The van der Waals surface area contributed by atoms with Gasteiger partial charge in [-0.3, -0.25) is 0 Å². The van der Waals surface area contributed by atoms with Crippen LogP contribution in [0, 0.1) is 5.82 Å². The first-order chi connectivity index (χ1) is 8.20. The van der Waals surface area contributed by atoms with Gasteiger partial charge in [0, 0.05) is 6.04 Å². The van der Waals surface area contributed by atoms with E-state index in [9.17, 15) is 26.0 Å². The van der Waals surface area contributed by atoms with E-state index in [-0.39, 0.29) is 6.04 Å². The van der Waals surface area contributed by atoms with Crippen LogP contribution in [0.25, 0.3) is 0 Å². The molecule has 0 unspecified atom stereocenters. The summed E-state index contributed by atoms with van der Waals surface area (Å²) in [7, 11) is -4.01. The van der Waals surface area contributed by atoms with E-state index >= 15 is 0 Å². The van der Waals surface area contributed by atoms with Gasteiger partial charge in [0.25, 0.3) is 0 Å². The molecule has 0 saturated heterocycles. The molecule has 0 aromatic heterocycles. The van der Waals surface area contributed by atoms with Crippen molar-refractivity contribution in [2.45, 2.75) is 30.0 Å².